The van der Waals surface area contributed by atoms with Crippen LogP contribution in [-0.2, 0) is 5.60 Å². The van der Waals surface area contributed by atoms with E-state index in [-0.39, 0.29) is 17.0 Å². The van der Waals surface area contributed by atoms with Gasteiger partial charge in [0.2, 0.25) is 0 Å². The molecule has 0 spiro atoms. The molecule has 1 saturated heterocycles. The first kappa shape index (κ1) is 14.8. The van der Waals surface area contributed by atoms with Crippen LogP contribution < -0.4 is 0 Å². The van der Waals surface area contributed by atoms with Gasteiger partial charge in [0, 0.05) is 18.7 Å². The molecule has 2 rings (SSSR count). The maximum absolute atomic E-state index is 12.8. The molecule has 0 radical (unpaired) electrons. The van der Waals surface area contributed by atoms with Crippen molar-refractivity contribution in [1.29, 1.82) is 0 Å². The highest BCUT2D eigenvalue weighted by Crippen LogP contribution is 2.38. The van der Waals surface area contributed by atoms with Gasteiger partial charge in [0.25, 0.3) is 5.91 Å². The fraction of sp³-hybridized carbons (Fsp3) is 0.500. The number of amides is 1. The second-order valence-electron chi connectivity index (χ2n) is 5.15. The lowest BCUT2D eigenvalue weighted by Crippen LogP contribution is -2.39. The minimum Gasteiger partial charge on any atom is -0.376 e. The summed E-state index contributed by atoms with van der Waals surface area (Å²) in [5.41, 5.74) is -3.11. The van der Waals surface area contributed by atoms with Crippen molar-refractivity contribution in [3.8, 4) is 0 Å². The van der Waals surface area contributed by atoms with Crippen LogP contribution in [0.4, 0.5) is 13.2 Å². The zero-order valence-corrected chi connectivity index (χ0v) is 11.1. The molecule has 3 nitrogen and oxygen atoms in total. The van der Waals surface area contributed by atoms with Gasteiger partial charge in [0.15, 0.2) is 5.60 Å². The maximum atomic E-state index is 12.8. The molecule has 1 fully saturated rings. The minimum absolute atomic E-state index is 0.175. The average molecular weight is 287 g/mol. The Hall–Kier alpha value is -1.56. The molecule has 20 heavy (non-hydrogen) atoms. The molecule has 6 heteroatoms. The summed E-state index contributed by atoms with van der Waals surface area (Å²) in [6.07, 6.45) is -2.97. The molecule has 0 bridgehead atoms. The predicted octanol–water partition coefficient (Wildman–Crippen LogP) is 2.69. The molecule has 0 aliphatic carbocycles. The minimum atomic E-state index is -4.79. The van der Waals surface area contributed by atoms with E-state index in [4.69, 9.17) is 0 Å². The standard InChI is InChI=1S/C14H16F3NO2/c1-13(20,14(15,16)17)11-6-4-5-10(9-11)12(19)18-7-2-3-8-18/h4-6,9,20H,2-3,7-8H2,1H3. The van der Waals surface area contributed by atoms with Gasteiger partial charge < -0.3 is 10.0 Å². The average Bonchev–Trinajstić information content (AvgIpc) is 2.90. The summed E-state index contributed by atoms with van der Waals surface area (Å²) in [5.74, 6) is -0.290. The van der Waals surface area contributed by atoms with E-state index in [0.29, 0.717) is 20.0 Å². The summed E-state index contributed by atoms with van der Waals surface area (Å²) < 4.78 is 38.4. The zero-order valence-electron chi connectivity index (χ0n) is 11.1. The Kier molecular flexibility index (Phi) is 3.77. The maximum Gasteiger partial charge on any atom is 0.421 e. The first-order valence-electron chi connectivity index (χ1n) is 6.42. The van der Waals surface area contributed by atoms with Gasteiger partial charge >= 0.3 is 6.18 Å². The van der Waals surface area contributed by atoms with E-state index >= 15 is 0 Å². The summed E-state index contributed by atoms with van der Waals surface area (Å²) in [6, 6.07) is 5.12. The van der Waals surface area contributed by atoms with Crippen LogP contribution in [0.3, 0.4) is 0 Å². The predicted molar refractivity (Wildman–Crippen MR) is 67.2 cm³/mol. The Balaban J connectivity index is 2.30. The summed E-state index contributed by atoms with van der Waals surface area (Å²) in [4.78, 5) is 13.8. The second-order valence-corrected chi connectivity index (χ2v) is 5.15. The quantitative estimate of drug-likeness (QED) is 0.908. The van der Waals surface area contributed by atoms with Gasteiger partial charge in [-0.25, -0.2) is 0 Å². The van der Waals surface area contributed by atoms with E-state index in [9.17, 15) is 23.1 Å². The highest BCUT2D eigenvalue weighted by molar-refractivity contribution is 5.94. The van der Waals surface area contributed by atoms with Gasteiger partial charge in [-0.1, -0.05) is 12.1 Å². The molecule has 1 atom stereocenters. The van der Waals surface area contributed by atoms with Crippen molar-refractivity contribution in [1.82, 2.24) is 4.90 Å². The lowest BCUT2D eigenvalue weighted by molar-refractivity contribution is -0.258. The van der Waals surface area contributed by atoms with Crippen LogP contribution in [0.2, 0.25) is 0 Å². The Bertz CT molecular complexity index is 505. The van der Waals surface area contributed by atoms with Crippen LogP contribution in [0.15, 0.2) is 24.3 Å². The number of hydrogen-bond donors (Lipinski definition) is 1. The van der Waals surface area contributed by atoms with Crippen LogP contribution in [0.25, 0.3) is 0 Å². The van der Waals surface area contributed by atoms with Crippen LogP contribution in [-0.4, -0.2) is 35.2 Å². The van der Waals surface area contributed by atoms with Crippen molar-refractivity contribution in [2.24, 2.45) is 0 Å². The SMILES string of the molecule is CC(O)(c1cccc(C(=O)N2CCCC2)c1)C(F)(F)F. The monoisotopic (exact) mass is 287 g/mol. The van der Waals surface area contributed by atoms with E-state index in [1.54, 1.807) is 4.90 Å². The van der Waals surface area contributed by atoms with Crippen molar-refractivity contribution in [3.63, 3.8) is 0 Å². The molecule has 1 heterocycles. The molecule has 1 amide bonds. The van der Waals surface area contributed by atoms with Crippen LogP contribution in [0.5, 0.6) is 0 Å². The van der Waals surface area contributed by atoms with E-state index in [1.165, 1.54) is 18.2 Å². The van der Waals surface area contributed by atoms with Gasteiger partial charge in [-0.3, -0.25) is 4.79 Å². The number of halogens is 3. The molecule has 110 valence electrons. The van der Waals surface area contributed by atoms with E-state index in [1.807, 2.05) is 0 Å². The van der Waals surface area contributed by atoms with Gasteiger partial charge in [-0.2, -0.15) is 13.2 Å². The number of carbonyl (C=O) groups excluding carboxylic acids is 1. The molecule has 1 aliphatic rings. The van der Waals surface area contributed by atoms with Gasteiger partial charge in [-0.05, 0) is 37.5 Å². The first-order valence-corrected chi connectivity index (χ1v) is 6.42. The Morgan fingerprint density at radius 1 is 1.25 bits per heavy atom. The molecule has 0 saturated carbocycles. The second kappa shape index (κ2) is 5.09. The first-order chi connectivity index (χ1) is 9.23. The van der Waals surface area contributed by atoms with Crippen LogP contribution >= 0.6 is 0 Å². The van der Waals surface area contributed by atoms with E-state index in [2.05, 4.69) is 0 Å². The number of alkyl halides is 3. The smallest absolute Gasteiger partial charge is 0.376 e. The topological polar surface area (TPSA) is 40.5 Å². The largest absolute Gasteiger partial charge is 0.421 e. The van der Waals surface area contributed by atoms with Crippen molar-refractivity contribution in [3.05, 3.63) is 35.4 Å². The fourth-order valence-corrected chi connectivity index (χ4v) is 2.22. The van der Waals surface area contributed by atoms with Gasteiger partial charge in [-0.15, -0.1) is 0 Å². The third-order valence-electron chi connectivity index (χ3n) is 3.62. The number of likely N-dealkylation sites (tertiary alicyclic amines) is 1. The molecule has 1 unspecified atom stereocenters. The number of nitrogens with zero attached hydrogens (tertiary/aromatic N) is 1. The molecule has 1 N–H and O–H groups in total. The van der Waals surface area contributed by atoms with Crippen molar-refractivity contribution in [2.75, 3.05) is 13.1 Å². The molecule has 1 aromatic carbocycles. The number of aliphatic hydroxyl groups is 1. The Morgan fingerprint density at radius 2 is 1.85 bits per heavy atom. The summed E-state index contributed by atoms with van der Waals surface area (Å²) in [5, 5.41) is 9.64. The lowest BCUT2D eigenvalue weighted by Gasteiger charge is -2.27. The summed E-state index contributed by atoms with van der Waals surface area (Å²) in [6.45, 7) is 1.93. The van der Waals surface area contributed by atoms with Gasteiger partial charge in [0.05, 0.1) is 0 Å². The molecular formula is C14H16F3NO2. The summed E-state index contributed by atoms with van der Waals surface area (Å²) in [7, 11) is 0. The molecular weight excluding hydrogens is 271 g/mol. The highest BCUT2D eigenvalue weighted by Gasteiger charge is 2.51. The molecule has 1 aliphatic heterocycles. The van der Waals surface area contributed by atoms with E-state index in [0.717, 1.165) is 18.9 Å². The number of benzene rings is 1. The summed E-state index contributed by atoms with van der Waals surface area (Å²) >= 11 is 0. The fourth-order valence-electron chi connectivity index (χ4n) is 2.22. The van der Waals surface area contributed by atoms with Crippen LogP contribution in [0.1, 0.15) is 35.7 Å². The number of hydrogen-bond acceptors (Lipinski definition) is 2. The molecule has 1 aromatic rings. The molecule has 0 aromatic heterocycles. The van der Waals surface area contributed by atoms with Crippen molar-refractivity contribution < 1.29 is 23.1 Å². The normalized spacial score (nSPS) is 18.9. The highest BCUT2D eigenvalue weighted by atomic mass is 19.4. The van der Waals surface area contributed by atoms with Crippen molar-refractivity contribution >= 4 is 5.91 Å². The van der Waals surface area contributed by atoms with Crippen LogP contribution in [0, 0.1) is 0 Å². The Morgan fingerprint density at radius 3 is 2.40 bits per heavy atom. The van der Waals surface area contributed by atoms with E-state index < -0.39 is 11.8 Å². The number of carbonyl (C=O) groups is 1. The number of rotatable bonds is 2. The third kappa shape index (κ3) is 2.65. The zero-order chi connectivity index (χ0) is 15.0. The van der Waals surface area contributed by atoms with Gasteiger partial charge in [0.1, 0.15) is 0 Å². The third-order valence-corrected chi connectivity index (χ3v) is 3.62. The lowest BCUT2D eigenvalue weighted by atomic mass is 9.93. The Labute approximate surface area is 115 Å². The van der Waals surface area contributed by atoms with Crippen molar-refractivity contribution in [2.45, 2.75) is 31.5 Å².